The second-order valence-electron chi connectivity index (χ2n) is 4.88. The van der Waals surface area contributed by atoms with E-state index >= 15 is 0 Å². The van der Waals surface area contributed by atoms with Gasteiger partial charge in [-0.1, -0.05) is 30.3 Å². The van der Waals surface area contributed by atoms with Crippen LogP contribution in [0.2, 0.25) is 0 Å². The molecule has 1 aromatic heterocycles. The predicted octanol–water partition coefficient (Wildman–Crippen LogP) is 3.54. The molecule has 0 amide bonds. The lowest BCUT2D eigenvalue weighted by Crippen LogP contribution is -2.39. The van der Waals surface area contributed by atoms with Gasteiger partial charge < -0.3 is 10.6 Å². The summed E-state index contributed by atoms with van der Waals surface area (Å²) in [6.45, 7) is 4.99. The van der Waals surface area contributed by atoms with E-state index in [2.05, 4.69) is 45.0 Å². The summed E-state index contributed by atoms with van der Waals surface area (Å²) in [5.74, 6) is 0.818. The van der Waals surface area contributed by atoms with Crippen LogP contribution in [0.3, 0.4) is 0 Å². The van der Waals surface area contributed by atoms with Gasteiger partial charge in [-0.25, -0.2) is 4.98 Å². The van der Waals surface area contributed by atoms with E-state index in [0.29, 0.717) is 0 Å². The Morgan fingerprint density at radius 1 is 1.32 bits per heavy atom. The number of aromatic nitrogens is 1. The number of guanidine groups is 1. The number of halogens is 1. The molecule has 2 aromatic rings. The van der Waals surface area contributed by atoms with Crippen LogP contribution in [0.25, 0.3) is 0 Å². The molecule has 22 heavy (non-hydrogen) atoms. The molecule has 0 saturated carbocycles. The minimum Gasteiger partial charge on any atom is -0.356 e. The zero-order chi connectivity index (χ0) is 15.1. The second-order valence-corrected chi connectivity index (χ2v) is 5.95. The highest BCUT2D eigenvalue weighted by molar-refractivity contribution is 14.0. The van der Waals surface area contributed by atoms with Crippen molar-refractivity contribution >= 4 is 41.3 Å². The van der Waals surface area contributed by atoms with E-state index in [1.54, 1.807) is 18.4 Å². The van der Waals surface area contributed by atoms with E-state index in [9.17, 15) is 0 Å². The zero-order valence-electron chi connectivity index (χ0n) is 13.2. The van der Waals surface area contributed by atoms with E-state index in [-0.39, 0.29) is 30.0 Å². The van der Waals surface area contributed by atoms with Crippen LogP contribution in [-0.4, -0.2) is 24.5 Å². The van der Waals surface area contributed by atoms with Crippen LogP contribution in [0.4, 0.5) is 0 Å². The standard InChI is InChI=1S/C16H22N4S.HI/c1-12(14-7-5-4-6-8-14)19-16(17-3)18-10-9-15-11-21-13(2)20-15;/h4-8,11-12H,9-10H2,1-3H3,(H2,17,18,19);1H. The van der Waals surface area contributed by atoms with Gasteiger partial charge in [-0.3, -0.25) is 4.99 Å². The maximum absolute atomic E-state index is 4.46. The van der Waals surface area contributed by atoms with Crippen LogP contribution in [0.1, 0.15) is 29.2 Å². The van der Waals surface area contributed by atoms with Crippen molar-refractivity contribution in [3.05, 3.63) is 52.0 Å². The zero-order valence-corrected chi connectivity index (χ0v) is 16.3. The first-order valence-electron chi connectivity index (χ1n) is 7.12. The van der Waals surface area contributed by atoms with Gasteiger partial charge in [0, 0.05) is 25.4 Å². The monoisotopic (exact) mass is 430 g/mol. The lowest BCUT2D eigenvalue weighted by Gasteiger charge is -2.18. The second kappa shape index (κ2) is 9.78. The summed E-state index contributed by atoms with van der Waals surface area (Å²) in [7, 11) is 1.79. The summed E-state index contributed by atoms with van der Waals surface area (Å²) in [5, 5.41) is 9.95. The highest BCUT2D eigenvalue weighted by Gasteiger charge is 2.07. The van der Waals surface area contributed by atoms with Crippen LogP contribution in [0.15, 0.2) is 40.7 Å². The molecule has 0 aliphatic rings. The first kappa shape index (κ1) is 18.9. The molecule has 1 atom stereocenters. The fourth-order valence-electron chi connectivity index (χ4n) is 2.06. The van der Waals surface area contributed by atoms with E-state index in [0.717, 1.165) is 29.6 Å². The molecule has 1 unspecified atom stereocenters. The van der Waals surface area contributed by atoms with Crippen LogP contribution >= 0.6 is 35.3 Å². The maximum Gasteiger partial charge on any atom is 0.191 e. The van der Waals surface area contributed by atoms with E-state index < -0.39 is 0 Å². The molecule has 0 aliphatic heterocycles. The minimum absolute atomic E-state index is 0. The molecule has 2 rings (SSSR count). The Hall–Kier alpha value is -1.15. The van der Waals surface area contributed by atoms with Gasteiger partial charge in [0.1, 0.15) is 0 Å². The number of aliphatic imine (C=N–C) groups is 1. The normalized spacial score (nSPS) is 12.4. The summed E-state index contributed by atoms with van der Waals surface area (Å²) in [5.41, 5.74) is 2.38. The summed E-state index contributed by atoms with van der Waals surface area (Å²) in [6.07, 6.45) is 0.907. The Bertz CT molecular complexity index is 583. The summed E-state index contributed by atoms with van der Waals surface area (Å²) < 4.78 is 0. The molecule has 4 nitrogen and oxygen atoms in total. The van der Waals surface area contributed by atoms with Gasteiger partial charge in [-0.15, -0.1) is 35.3 Å². The third-order valence-corrected chi connectivity index (χ3v) is 4.04. The number of benzene rings is 1. The van der Waals surface area contributed by atoms with Gasteiger partial charge in [-0.2, -0.15) is 0 Å². The Labute approximate surface area is 153 Å². The summed E-state index contributed by atoms with van der Waals surface area (Å²) in [4.78, 5) is 8.73. The Kier molecular flexibility index (Phi) is 8.40. The molecule has 2 N–H and O–H groups in total. The topological polar surface area (TPSA) is 49.3 Å². The van der Waals surface area contributed by atoms with Crippen molar-refractivity contribution in [1.82, 2.24) is 15.6 Å². The number of nitrogens with one attached hydrogen (secondary N) is 2. The van der Waals surface area contributed by atoms with Gasteiger partial charge in [-0.05, 0) is 19.4 Å². The Morgan fingerprint density at radius 2 is 2.05 bits per heavy atom. The van der Waals surface area contributed by atoms with Crippen LogP contribution < -0.4 is 10.6 Å². The van der Waals surface area contributed by atoms with Crippen molar-refractivity contribution < 1.29 is 0 Å². The van der Waals surface area contributed by atoms with Gasteiger partial charge in [0.25, 0.3) is 0 Å². The van der Waals surface area contributed by atoms with Crippen LogP contribution in [-0.2, 0) is 6.42 Å². The number of hydrogen-bond donors (Lipinski definition) is 2. The number of hydrogen-bond acceptors (Lipinski definition) is 3. The number of aryl methyl sites for hydroxylation is 1. The molecule has 1 aromatic carbocycles. The van der Waals surface area contributed by atoms with Crippen LogP contribution in [0.5, 0.6) is 0 Å². The molecular formula is C16H23IN4S. The Morgan fingerprint density at radius 3 is 2.64 bits per heavy atom. The summed E-state index contributed by atoms with van der Waals surface area (Å²) >= 11 is 1.69. The molecule has 0 spiro atoms. The minimum atomic E-state index is 0. The lowest BCUT2D eigenvalue weighted by molar-refractivity contribution is 0.683. The predicted molar refractivity (Wildman–Crippen MR) is 105 cm³/mol. The van der Waals surface area contributed by atoms with Gasteiger partial charge in [0.2, 0.25) is 0 Å². The average Bonchev–Trinajstić information content (AvgIpc) is 2.92. The summed E-state index contributed by atoms with van der Waals surface area (Å²) in [6, 6.07) is 10.6. The van der Waals surface area contributed by atoms with Crippen molar-refractivity contribution in [3.63, 3.8) is 0 Å². The fourth-order valence-corrected chi connectivity index (χ4v) is 2.70. The first-order valence-corrected chi connectivity index (χ1v) is 8.00. The molecular weight excluding hydrogens is 407 g/mol. The Balaban J connectivity index is 0.00000242. The van der Waals surface area contributed by atoms with E-state index in [4.69, 9.17) is 0 Å². The molecule has 120 valence electrons. The lowest BCUT2D eigenvalue weighted by atomic mass is 10.1. The van der Waals surface area contributed by atoms with Crippen molar-refractivity contribution in [2.45, 2.75) is 26.3 Å². The molecule has 6 heteroatoms. The average molecular weight is 430 g/mol. The number of thiazole rings is 1. The molecule has 0 fully saturated rings. The molecule has 0 saturated heterocycles. The third-order valence-electron chi connectivity index (χ3n) is 3.22. The van der Waals surface area contributed by atoms with Crippen molar-refractivity contribution in [3.8, 4) is 0 Å². The van der Waals surface area contributed by atoms with Gasteiger partial charge >= 0.3 is 0 Å². The molecule has 0 radical (unpaired) electrons. The van der Waals surface area contributed by atoms with E-state index in [1.807, 2.05) is 25.1 Å². The van der Waals surface area contributed by atoms with Crippen LogP contribution in [0, 0.1) is 6.92 Å². The van der Waals surface area contributed by atoms with Gasteiger partial charge in [0.15, 0.2) is 5.96 Å². The fraction of sp³-hybridized carbons (Fsp3) is 0.375. The molecule has 0 bridgehead atoms. The van der Waals surface area contributed by atoms with Crippen molar-refractivity contribution in [2.75, 3.05) is 13.6 Å². The van der Waals surface area contributed by atoms with Gasteiger partial charge in [0.05, 0.1) is 16.7 Å². The maximum atomic E-state index is 4.46. The third kappa shape index (κ3) is 5.92. The quantitative estimate of drug-likeness (QED) is 0.434. The van der Waals surface area contributed by atoms with E-state index in [1.165, 1.54) is 5.56 Å². The first-order chi connectivity index (χ1) is 10.2. The van der Waals surface area contributed by atoms with Crippen molar-refractivity contribution in [2.24, 2.45) is 4.99 Å². The number of rotatable bonds is 5. The molecule has 1 heterocycles. The SMILES string of the molecule is CN=C(NCCc1csc(C)n1)NC(C)c1ccccc1.I. The highest BCUT2D eigenvalue weighted by Crippen LogP contribution is 2.11. The highest BCUT2D eigenvalue weighted by atomic mass is 127. The number of nitrogens with zero attached hydrogens (tertiary/aromatic N) is 2. The largest absolute Gasteiger partial charge is 0.356 e. The van der Waals surface area contributed by atoms with Crippen molar-refractivity contribution in [1.29, 1.82) is 0 Å². The smallest absolute Gasteiger partial charge is 0.191 e. The molecule has 0 aliphatic carbocycles.